The number of hydrogen-bond donors (Lipinski definition) is 2. The van der Waals surface area contributed by atoms with E-state index >= 15 is 0 Å². The van der Waals surface area contributed by atoms with Crippen molar-refractivity contribution in [3.8, 4) is 5.69 Å². The number of hydrogen-bond acceptors (Lipinski definition) is 4. The molecule has 0 unspecified atom stereocenters. The van der Waals surface area contributed by atoms with Gasteiger partial charge in [0.1, 0.15) is 5.82 Å². The van der Waals surface area contributed by atoms with Crippen molar-refractivity contribution in [3.05, 3.63) is 47.5 Å². The summed E-state index contributed by atoms with van der Waals surface area (Å²) in [6.45, 7) is 3.55. The summed E-state index contributed by atoms with van der Waals surface area (Å²) >= 11 is 0. The van der Waals surface area contributed by atoms with Crippen molar-refractivity contribution in [2.75, 3.05) is 0 Å². The lowest BCUT2D eigenvalue weighted by Crippen LogP contribution is -2.53. The van der Waals surface area contributed by atoms with Gasteiger partial charge in [-0.2, -0.15) is 26.3 Å². The van der Waals surface area contributed by atoms with Gasteiger partial charge in [0.25, 0.3) is 5.60 Å². The predicted octanol–water partition coefficient (Wildman–Crippen LogP) is 4.12. The molecule has 0 fully saturated rings. The van der Waals surface area contributed by atoms with E-state index in [2.05, 4.69) is 10.1 Å². The quantitative estimate of drug-likeness (QED) is 0.354. The molecule has 0 spiro atoms. The van der Waals surface area contributed by atoms with E-state index in [0.29, 0.717) is 18.0 Å². The molecule has 0 aliphatic carbocycles. The first kappa shape index (κ1) is 20.7. The number of imidazole rings is 1. The van der Waals surface area contributed by atoms with Gasteiger partial charge < -0.3 is 10.3 Å². The summed E-state index contributed by atoms with van der Waals surface area (Å²) in [6.07, 6.45) is -9.56. The third-order valence-corrected chi connectivity index (χ3v) is 3.89. The van der Waals surface area contributed by atoms with Crippen molar-refractivity contribution >= 4 is 6.21 Å². The Bertz CT molecular complexity index is 808. The molecule has 27 heavy (non-hydrogen) atoms. The molecule has 0 radical (unpaired) electrons. The third kappa shape index (κ3) is 3.51. The molecule has 1 aromatic carbocycles. The van der Waals surface area contributed by atoms with Gasteiger partial charge in [-0.1, -0.05) is 31.1 Å². The molecule has 0 saturated carbocycles. The minimum atomic E-state index is -5.96. The predicted molar refractivity (Wildman–Crippen MR) is 83.0 cm³/mol. The highest BCUT2D eigenvalue weighted by Gasteiger charge is 2.71. The fourth-order valence-electron chi connectivity index (χ4n) is 2.56. The van der Waals surface area contributed by atoms with Crippen molar-refractivity contribution in [3.63, 3.8) is 0 Å². The zero-order chi connectivity index (χ0) is 20.6. The molecule has 2 N–H and O–H groups in total. The number of aliphatic hydroxyl groups is 1. The maximum Gasteiger partial charge on any atom is 0.430 e. The van der Waals surface area contributed by atoms with Crippen LogP contribution >= 0.6 is 0 Å². The lowest BCUT2D eigenvalue weighted by Gasteiger charge is -2.32. The van der Waals surface area contributed by atoms with Crippen LogP contribution in [0.1, 0.15) is 36.8 Å². The normalized spacial score (nSPS) is 13.7. The van der Waals surface area contributed by atoms with Crippen LogP contribution in [0, 0.1) is 0 Å². The number of rotatable bonds is 4. The standard InChI is InChI=1S/C16H15F6N3O2/c1-9(2)13-23-7-12(8-24-27)25(13)11-5-3-10(4-6-11)14(26,15(17,18)19)16(20,21)22/h3-9,26-27H,1-2H3/b24-8+. The van der Waals surface area contributed by atoms with Crippen molar-refractivity contribution in [2.45, 2.75) is 37.7 Å². The molecule has 0 aliphatic heterocycles. The molecule has 0 bridgehead atoms. The van der Waals surface area contributed by atoms with E-state index < -0.39 is 23.5 Å². The first-order chi connectivity index (χ1) is 12.3. The van der Waals surface area contributed by atoms with Gasteiger partial charge in [0.05, 0.1) is 18.1 Å². The number of halogens is 6. The van der Waals surface area contributed by atoms with E-state index in [-0.39, 0.29) is 17.3 Å². The highest BCUT2D eigenvalue weighted by molar-refractivity contribution is 5.77. The lowest BCUT2D eigenvalue weighted by atomic mass is 9.92. The lowest BCUT2D eigenvalue weighted by molar-refractivity contribution is -0.376. The Labute approximate surface area is 149 Å². The molecule has 2 aromatic rings. The average molecular weight is 395 g/mol. The van der Waals surface area contributed by atoms with Crippen LogP contribution in [-0.2, 0) is 5.60 Å². The molecule has 0 aliphatic rings. The second kappa shape index (κ2) is 6.87. The summed E-state index contributed by atoms with van der Waals surface area (Å²) in [7, 11) is 0. The number of benzene rings is 1. The second-order valence-corrected chi connectivity index (χ2v) is 6.03. The Morgan fingerprint density at radius 1 is 1.04 bits per heavy atom. The number of alkyl halides is 6. The first-order valence-electron chi connectivity index (χ1n) is 7.56. The van der Waals surface area contributed by atoms with Gasteiger partial charge in [0.15, 0.2) is 0 Å². The minimum Gasteiger partial charge on any atom is -0.411 e. The van der Waals surface area contributed by atoms with Crippen molar-refractivity contribution in [1.29, 1.82) is 0 Å². The maximum absolute atomic E-state index is 13.0. The zero-order valence-electron chi connectivity index (χ0n) is 14.0. The summed E-state index contributed by atoms with van der Waals surface area (Å²) in [4.78, 5) is 4.11. The number of aromatic nitrogens is 2. The smallest absolute Gasteiger partial charge is 0.411 e. The number of nitrogens with zero attached hydrogens (tertiary/aromatic N) is 3. The van der Waals surface area contributed by atoms with Gasteiger partial charge >= 0.3 is 12.4 Å². The summed E-state index contributed by atoms with van der Waals surface area (Å²) in [5, 5.41) is 21.0. The Balaban J connectivity index is 2.61. The fourth-order valence-corrected chi connectivity index (χ4v) is 2.56. The number of oxime groups is 1. The van der Waals surface area contributed by atoms with E-state index in [0.717, 1.165) is 18.3 Å². The van der Waals surface area contributed by atoms with E-state index in [4.69, 9.17) is 5.21 Å². The molecule has 148 valence electrons. The van der Waals surface area contributed by atoms with Crippen LogP contribution in [0.2, 0.25) is 0 Å². The molecule has 2 rings (SSSR count). The summed E-state index contributed by atoms with van der Waals surface area (Å²) in [5.41, 5.74) is -5.92. The Kier molecular flexibility index (Phi) is 5.28. The molecule has 5 nitrogen and oxygen atoms in total. The average Bonchev–Trinajstić information content (AvgIpc) is 2.96. The Morgan fingerprint density at radius 2 is 1.56 bits per heavy atom. The molecular weight excluding hydrogens is 380 g/mol. The van der Waals surface area contributed by atoms with Gasteiger partial charge in [-0.25, -0.2) is 4.98 Å². The van der Waals surface area contributed by atoms with Crippen LogP contribution in [0.25, 0.3) is 5.69 Å². The molecule has 0 saturated heterocycles. The van der Waals surface area contributed by atoms with E-state index in [1.54, 1.807) is 13.8 Å². The van der Waals surface area contributed by atoms with Gasteiger partial charge in [0, 0.05) is 17.2 Å². The Hall–Kier alpha value is -2.56. The summed E-state index contributed by atoms with van der Waals surface area (Å²) in [6, 6.07) is 3.06. The van der Waals surface area contributed by atoms with Crippen LogP contribution in [0.15, 0.2) is 35.6 Å². The third-order valence-electron chi connectivity index (χ3n) is 3.89. The van der Waals surface area contributed by atoms with Crippen molar-refractivity contribution in [1.82, 2.24) is 9.55 Å². The van der Waals surface area contributed by atoms with Crippen molar-refractivity contribution < 1.29 is 36.7 Å². The van der Waals surface area contributed by atoms with E-state index in [9.17, 15) is 31.4 Å². The van der Waals surface area contributed by atoms with Gasteiger partial charge in [-0.05, 0) is 12.1 Å². The molecule has 0 amide bonds. The van der Waals surface area contributed by atoms with Crippen LogP contribution in [0.5, 0.6) is 0 Å². The minimum absolute atomic E-state index is 0.146. The highest BCUT2D eigenvalue weighted by Crippen LogP contribution is 2.50. The van der Waals surface area contributed by atoms with Crippen LogP contribution in [0.3, 0.4) is 0 Å². The summed E-state index contributed by atoms with van der Waals surface area (Å²) in [5.74, 6) is 0.298. The van der Waals surface area contributed by atoms with Crippen LogP contribution < -0.4 is 0 Å². The first-order valence-corrected chi connectivity index (χ1v) is 7.56. The monoisotopic (exact) mass is 395 g/mol. The van der Waals surface area contributed by atoms with Crippen molar-refractivity contribution in [2.24, 2.45) is 5.16 Å². The zero-order valence-corrected chi connectivity index (χ0v) is 14.0. The maximum atomic E-state index is 13.0. The van der Waals surface area contributed by atoms with Gasteiger partial charge in [-0.3, -0.25) is 4.57 Å². The molecular formula is C16H15F6N3O2. The SMILES string of the molecule is CC(C)c1ncc(/C=N/O)n1-c1ccc(C(O)(C(F)(F)F)C(F)(F)F)cc1. The van der Waals surface area contributed by atoms with Gasteiger partial charge in [0.2, 0.25) is 0 Å². The molecule has 1 aromatic heterocycles. The highest BCUT2D eigenvalue weighted by atomic mass is 19.4. The summed E-state index contributed by atoms with van der Waals surface area (Å²) < 4.78 is 79.2. The molecule has 11 heteroatoms. The van der Waals surface area contributed by atoms with Gasteiger partial charge in [-0.15, -0.1) is 0 Å². The van der Waals surface area contributed by atoms with Crippen LogP contribution in [0.4, 0.5) is 26.3 Å². The Morgan fingerprint density at radius 3 is 1.96 bits per heavy atom. The second-order valence-electron chi connectivity index (χ2n) is 6.03. The van der Waals surface area contributed by atoms with E-state index in [1.165, 1.54) is 10.8 Å². The largest absolute Gasteiger partial charge is 0.430 e. The van der Waals surface area contributed by atoms with Crippen LogP contribution in [-0.4, -0.2) is 38.4 Å². The van der Waals surface area contributed by atoms with E-state index in [1.807, 2.05) is 0 Å². The fraction of sp³-hybridized carbons (Fsp3) is 0.375. The molecule has 1 heterocycles. The topological polar surface area (TPSA) is 70.6 Å². The molecule has 0 atom stereocenters.